The zero-order chi connectivity index (χ0) is 8.27. The highest BCUT2D eigenvalue weighted by molar-refractivity contribution is 5.40. The molecule has 0 spiro atoms. The van der Waals surface area contributed by atoms with Gasteiger partial charge in [0, 0.05) is 0 Å². The Bertz CT molecular complexity index is 249. The number of aryl methyl sites for hydroxylation is 1. The summed E-state index contributed by atoms with van der Waals surface area (Å²) in [4.78, 5) is 8.01. The molecule has 11 heavy (non-hydrogen) atoms. The van der Waals surface area contributed by atoms with E-state index in [4.69, 9.17) is 10.5 Å². The maximum absolute atomic E-state index is 5.51. The molecule has 60 valence electrons. The van der Waals surface area contributed by atoms with Crippen LogP contribution in [0.3, 0.4) is 0 Å². The van der Waals surface area contributed by atoms with Crippen LogP contribution in [0.15, 0.2) is 6.20 Å². The molecule has 1 heterocycles. The van der Waals surface area contributed by atoms with Gasteiger partial charge < -0.3 is 10.5 Å². The number of hydrogen-bond donors (Lipinski definition) is 1. The van der Waals surface area contributed by atoms with Gasteiger partial charge in [-0.25, -0.2) is 9.97 Å². The second kappa shape index (κ2) is 3.18. The molecule has 1 rings (SSSR count). The molecular formula is C7H11N3O. The molecular weight excluding hydrogens is 142 g/mol. The minimum Gasteiger partial charge on any atom is -0.478 e. The number of ether oxygens (including phenoxy) is 1. The monoisotopic (exact) mass is 153 g/mol. The van der Waals surface area contributed by atoms with E-state index in [1.54, 1.807) is 6.20 Å². The van der Waals surface area contributed by atoms with Gasteiger partial charge in [-0.05, 0) is 6.42 Å². The van der Waals surface area contributed by atoms with Gasteiger partial charge in [-0.2, -0.15) is 0 Å². The van der Waals surface area contributed by atoms with Gasteiger partial charge in [0.2, 0.25) is 0 Å². The van der Waals surface area contributed by atoms with Crippen LogP contribution < -0.4 is 10.5 Å². The van der Waals surface area contributed by atoms with E-state index >= 15 is 0 Å². The van der Waals surface area contributed by atoms with Crippen LogP contribution in [-0.4, -0.2) is 17.1 Å². The third kappa shape index (κ3) is 1.58. The zero-order valence-electron chi connectivity index (χ0n) is 6.66. The number of nitrogen functional groups attached to an aromatic ring is 1. The van der Waals surface area contributed by atoms with Crippen molar-refractivity contribution in [1.82, 2.24) is 9.97 Å². The number of hydrogen-bond acceptors (Lipinski definition) is 4. The first-order chi connectivity index (χ1) is 5.27. The summed E-state index contributed by atoms with van der Waals surface area (Å²) >= 11 is 0. The number of rotatable bonds is 2. The van der Waals surface area contributed by atoms with Gasteiger partial charge in [-0.3, -0.25) is 0 Å². The first kappa shape index (κ1) is 7.78. The Morgan fingerprint density at radius 2 is 2.36 bits per heavy atom. The molecule has 0 saturated heterocycles. The fraction of sp³-hybridized carbons (Fsp3) is 0.429. The van der Waals surface area contributed by atoms with Crippen LogP contribution >= 0.6 is 0 Å². The highest BCUT2D eigenvalue weighted by atomic mass is 16.5. The number of anilines is 1. The Kier molecular flexibility index (Phi) is 2.25. The van der Waals surface area contributed by atoms with Crippen LogP contribution in [0.2, 0.25) is 0 Å². The SMILES string of the molecule is CCc1cnc(OC)c(N)n1. The maximum atomic E-state index is 5.51. The van der Waals surface area contributed by atoms with Crippen molar-refractivity contribution in [1.29, 1.82) is 0 Å². The number of aromatic nitrogens is 2. The van der Waals surface area contributed by atoms with Gasteiger partial charge in [-0.1, -0.05) is 6.92 Å². The lowest BCUT2D eigenvalue weighted by molar-refractivity contribution is 0.398. The molecule has 0 unspecified atom stereocenters. The standard InChI is InChI=1S/C7H11N3O/c1-3-5-4-9-7(11-2)6(8)10-5/h4H,3H2,1-2H3,(H2,8,10). The number of nitrogens with zero attached hydrogens (tertiary/aromatic N) is 2. The summed E-state index contributed by atoms with van der Waals surface area (Å²) in [5.41, 5.74) is 6.39. The average Bonchev–Trinajstić information content (AvgIpc) is 2.04. The molecule has 0 aliphatic carbocycles. The molecule has 0 aliphatic rings. The minimum atomic E-state index is 0.354. The Hall–Kier alpha value is -1.32. The summed E-state index contributed by atoms with van der Waals surface area (Å²) in [6.45, 7) is 2.00. The van der Waals surface area contributed by atoms with Gasteiger partial charge in [0.05, 0.1) is 19.0 Å². The quantitative estimate of drug-likeness (QED) is 0.677. The molecule has 0 aromatic carbocycles. The van der Waals surface area contributed by atoms with E-state index < -0.39 is 0 Å². The second-order valence-electron chi connectivity index (χ2n) is 2.11. The largest absolute Gasteiger partial charge is 0.478 e. The first-order valence-electron chi connectivity index (χ1n) is 3.43. The maximum Gasteiger partial charge on any atom is 0.256 e. The third-order valence-corrected chi connectivity index (χ3v) is 1.37. The molecule has 0 aliphatic heterocycles. The van der Waals surface area contributed by atoms with Gasteiger partial charge in [-0.15, -0.1) is 0 Å². The van der Waals surface area contributed by atoms with Crippen molar-refractivity contribution in [3.8, 4) is 5.88 Å². The molecule has 0 saturated carbocycles. The summed E-state index contributed by atoms with van der Waals surface area (Å²) in [6.07, 6.45) is 2.50. The summed E-state index contributed by atoms with van der Waals surface area (Å²) < 4.78 is 4.85. The Labute approximate surface area is 65.4 Å². The molecule has 0 atom stereocenters. The Morgan fingerprint density at radius 1 is 1.64 bits per heavy atom. The molecule has 4 heteroatoms. The van der Waals surface area contributed by atoms with E-state index in [0.29, 0.717) is 11.7 Å². The van der Waals surface area contributed by atoms with E-state index in [0.717, 1.165) is 12.1 Å². The van der Waals surface area contributed by atoms with Crippen LogP contribution in [-0.2, 0) is 6.42 Å². The van der Waals surface area contributed by atoms with Crippen LogP contribution in [0, 0.1) is 0 Å². The van der Waals surface area contributed by atoms with Crippen LogP contribution in [0.1, 0.15) is 12.6 Å². The fourth-order valence-corrected chi connectivity index (χ4v) is 0.758. The average molecular weight is 153 g/mol. The lowest BCUT2D eigenvalue weighted by Gasteiger charge is -2.02. The smallest absolute Gasteiger partial charge is 0.256 e. The summed E-state index contributed by atoms with van der Waals surface area (Å²) in [7, 11) is 1.52. The molecule has 0 amide bonds. The molecule has 4 nitrogen and oxygen atoms in total. The molecule has 0 bridgehead atoms. The fourth-order valence-electron chi connectivity index (χ4n) is 0.758. The van der Waals surface area contributed by atoms with Gasteiger partial charge in [0.25, 0.3) is 5.88 Å². The van der Waals surface area contributed by atoms with Crippen molar-refractivity contribution < 1.29 is 4.74 Å². The molecule has 2 N–H and O–H groups in total. The summed E-state index contributed by atoms with van der Waals surface area (Å²) in [5.74, 6) is 0.744. The highest BCUT2D eigenvalue weighted by Gasteiger charge is 2.01. The van der Waals surface area contributed by atoms with Gasteiger partial charge in [0.15, 0.2) is 5.82 Å². The highest BCUT2D eigenvalue weighted by Crippen LogP contribution is 2.13. The predicted octanol–water partition coefficient (Wildman–Crippen LogP) is 0.630. The van der Waals surface area contributed by atoms with Crippen molar-refractivity contribution in [3.63, 3.8) is 0 Å². The van der Waals surface area contributed by atoms with E-state index in [-0.39, 0.29) is 0 Å². The van der Waals surface area contributed by atoms with Crippen molar-refractivity contribution in [3.05, 3.63) is 11.9 Å². The first-order valence-corrected chi connectivity index (χ1v) is 3.43. The number of methoxy groups -OCH3 is 1. The third-order valence-electron chi connectivity index (χ3n) is 1.37. The Morgan fingerprint density at radius 3 is 2.82 bits per heavy atom. The molecule has 0 radical (unpaired) electrons. The van der Waals surface area contributed by atoms with Crippen molar-refractivity contribution in [2.75, 3.05) is 12.8 Å². The predicted molar refractivity (Wildman–Crippen MR) is 42.4 cm³/mol. The van der Waals surface area contributed by atoms with E-state index in [1.165, 1.54) is 7.11 Å². The molecule has 1 aromatic heterocycles. The minimum absolute atomic E-state index is 0.354. The van der Waals surface area contributed by atoms with Crippen LogP contribution in [0.5, 0.6) is 5.88 Å². The van der Waals surface area contributed by atoms with Gasteiger partial charge in [0.1, 0.15) is 0 Å². The normalized spacial score (nSPS) is 9.64. The topological polar surface area (TPSA) is 61.0 Å². The summed E-state index contributed by atoms with van der Waals surface area (Å²) in [5, 5.41) is 0. The lowest BCUT2D eigenvalue weighted by atomic mass is 10.3. The lowest BCUT2D eigenvalue weighted by Crippen LogP contribution is -2.00. The van der Waals surface area contributed by atoms with Crippen LogP contribution in [0.25, 0.3) is 0 Å². The van der Waals surface area contributed by atoms with Crippen molar-refractivity contribution in [2.24, 2.45) is 0 Å². The Balaban J connectivity index is 2.99. The second-order valence-corrected chi connectivity index (χ2v) is 2.11. The molecule has 1 aromatic rings. The van der Waals surface area contributed by atoms with Crippen molar-refractivity contribution >= 4 is 5.82 Å². The van der Waals surface area contributed by atoms with Gasteiger partial charge >= 0.3 is 0 Å². The van der Waals surface area contributed by atoms with E-state index in [9.17, 15) is 0 Å². The van der Waals surface area contributed by atoms with Crippen molar-refractivity contribution in [2.45, 2.75) is 13.3 Å². The number of nitrogens with two attached hydrogens (primary N) is 1. The summed E-state index contributed by atoms with van der Waals surface area (Å²) in [6, 6.07) is 0. The zero-order valence-corrected chi connectivity index (χ0v) is 6.66. The van der Waals surface area contributed by atoms with E-state index in [2.05, 4.69) is 9.97 Å². The molecule has 0 fully saturated rings. The van der Waals surface area contributed by atoms with Crippen LogP contribution in [0.4, 0.5) is 5.82 Å². The van der Waals surface area contributed by atoms with E-state index in [1.807, 2.05) is 6.92 Å².